The number of nitrogens with one attached hydrogen (secondary N) is 2. The third-order valence-electron chi connectivity index (χ3n) is 4.89. The molecule has 29 heavy (non-hydrogen) atoms. The van der Waals surface area contributed by atoms with Gasteiger partial charge < -0.3 is 10.6 Å². The van der Waals surface area contributed by atoms with Gasteiger partial charge in [-0.2, -0.15) is 13.2 Å². The van der Waals surface area contributed by atoms with Crippen molar-refractivity contribution >= 4 is 27.1 Å². The molecule has 0 aliphatic carbocycles. The summed E-state index contributed by atoms with van der Waals surface area (Å²) in [4.78, 5) is -0.108. The second kappa shape index (κ2) is 8.93. The monoisotopic (exact) mass is 446 g/mol. The smallest absolute Gasteiger partial charge is 0.380 e. The molecule has 2 aromatic rings. The van der Waals surface area contributed by atoms with E-state index >= 15 is 0 Å². The van der Waals surface area contributed by atoms with Crippen molar-refractivity contribution in [2.45, 2.75) is 36.9 Å². The quantitative estimate of drug-likeness (QED) is 0.692. The van der Waals surface area contributed by atoms with Gasteiger partial charge in [-0.05, 0) is 60.8 Å². The molecule has 0 spiro atoms. The Hall–Kier alpha value is -1.77. The van der Waals surface area contributed by atoms with Gasteiger partial charge in [-0.25, -0.2) is 8.42 Å². The molecule has 3 rings (SSSR count). The number of anilines is 1. The van der Waals surface area contributed by atoms with Gasteiger partial charge in [-0.15, -0.1) is 0 Å². The van der Waals surface area contributed by atoms with Gasteiger partial charge in [0, 0.05) is 6.54 Å². The van der Waals surface area contributed by atoms with Crippen LogP contribution in [-0.2, 0) is 29.2 Å². The van der Waals surface area contributed by atoms with Crippen LogP contribution in [0.1, 0.15) is 23.1 Å². The van der Waals surface area contributed by atoms with Gasteiger partial charge in [0.2, 0.25) is 0 Å². The summed E-state index contributed by atoms with van der Waals surface area (Å²) < 4.78 is 61.1. The fourth-order valence-corrected chi connectivity index (χ4v) is 4.84. The van der Waals surface area contributed by atoms with Crippen molar-refractivity contribution in [2.75, 3.05) is 24.2 Å². The van der Waals surface area contributed by atoms with Crippen LogP contribution in [0.15, 0.2) is 41.3 Å². The first-order valence-electron chi connectivity index (χ1n) is 9.29. The lowest BCUT2D eigenvalue weighted by atomic mass is 10.0. The molecule has 9 heteroatoms. The van der Waals surface area contributed by atoms with Crippen molar-refractivity contribution < 1.29 is 21.6 Å². The molecular formula is C20H22ClF3N2O2S. The summed E-state index contributed by atoms with van der Waals surface area (Å²) in [5.41, 5.74) is 4.09. The minimum Gasteiger partial charge on any atom is -0.380 e. The molecule has 1 aliphatic rings. The zero-order valence-corrected chi connectivity index (χ0v) is 17.2. The second-order valence-electron chi connectivity index (χ2n) is 6.99. The molecule has 2 N–H and O–H groups in total. The number of fused-ring (bicyclic) bond motifs is 1. The Bertz CT molecular complexity index is 961. The highest BCUT2D eigenvalue weighted by Crippen LogP contribution is 2.31. The number of benzene rings is 2. The molecule has 158 valence electrons. The molecule has 4 nitrogen and oxygen atoms in total. The molecule has 0 unspecified atom stereocenters. The molecule has 0 aromatic heterocycles. The lowest BCUT2D eigenvalue weighted by molar-refractivity contribution is -0.129. The zero-order valence-electron chi connectivity index (χ0n) is 15.7. The van der Waals surface area contributed by atoms with Crippen molar-refractivity contribution in [1.82, 2.24) is 5.32 Å². The third kappa shape index (κ3) is 5.87. The van der Waals surface area contributed by atoms with E-state index in [2.05, 4.69) is 10.6 Å². The molecular weight excluding hydrogens is 425 g/mol. The van der Waals surface area contributed by atoms with E-state index in [1.165, 1.54) is 23.3 Å². The molecule has 0 saturated heterocycles. The third-order valence-corrected chi connectivity index (χ3v) is 6.93. The first-order valence-corrected chi connectivity index (χ1v) is 11.3. The van der Waals surface area contributed by atoms with E-state index in [1.54, 1.807) is 12.1 Å². The van der Waals surface area contributed by atoms with Gasteiger partial charge in [0.1, 0.15) is 0 Å². The van der Waals surface area contributed by atoms with E-state index in [0.29, 0.717) is 11.6 Å². The molecule has 2 aromatic carbocycles. The lowest BCUT2D eigenvalue weighted by Crippen LogP contribution is -2.16. The van der Waals surface area contributed by atoms with Crippen LogP contribution in [0.2, 0.25) is 5.02 Å². The van der Waals surface area contributed by atoms with Crippen LogP contribution in [0.4, 0.5) is 18.9 Å². The fourth-order valence-electron chi connectivity index (χ4n) is 3.31. The summed E-state index contributed by atoms with van der Waals surface area (Å²) in [6.07, 6.45) is -4.08. The van der Waals surface area contributed by atoms with E-state index < -0.39 is 28.2 Å². The molecule has 0 bridgehead atoms. The van der Waals surface area contributed by atoms with Crippen molar-refractivity contribution in [3.8, 4) is 0 Å². The van der Waals surface area contributed by atoms with Gasteiger partial charge >= 0.3 is 6.18 Å². The topological polar surface area (TPSA) is 58.2 Å². The highest BCUT2D eigenvalue weighted by molar-refractivity contribution is 7.91. The molecule has 0 radical (unpaired) electrons. The molecule has 0 atom stereocenters. The van der Waals surface area contributed by atoms with Crippen molar-refractivity contribution in [3.05, 3.63) is 58.1 Å². The summed E-state index contributed by atoms with van der Waals surface area (Å²) >= 11 is 6.38. The Morgan fingerprint density at radius 3 is 2.41 bits per heavy atom. The van der Waals surface area contributed by atoms with E-state index in [9.17, 15) is 21.6 Å². The van der Waals surface area contributed by atoms with Crippen LogP contribution in [0, 0.1) is 0 Å². The lowest BCUT2D eigenvalue weighted by Gasteiger charge is -2.16. The molecule has 1 heterocycles. The van der Waals surface area contributed by atoms with Crippen molar-refractivity contribution in [2.24, 2.45) is 0 Å². The van der Waals surface area contributed by atoms with Gasteiger partial charge in [0.25, 0.3) is 0 Å². The normalized spacial score (nSPS) is 14.9. The van der Waals surface area contributed by atoms with E-state index in [-0.39, 0.29) is 4.90 Å². The van der Waals surface area contributed by atoms with Crippen LogP contribution in [-0.4, -0.2) is 33.4 Å². The Morgan fingerprint density at radius 1 is 1.03 bits per heavy atom. The Balaban J connectivity index is 1.70. The molecule has 0 amide bonds. The summed E-state index contributed by atoms with van der Waals surface area (Å²) in [7, 11) is -3.97. The van der Waals surface area contributed by atoms with E-state index in [1.807, 2.05) is 12.1 Å². The van der Waals surface area contributed by atoms with Crippen LogP contribution in [0.5, 0.6) is 0 Å². The van der Waals surface area contributed by atoms with Crippen LogP contribution in [0.25, 0.3) is 0 Å². The first kappa shape index (κ1) is 21.9. The molecule has 0 fully saturated rings. The van der Waals surface area contributed by atoms with Gasteiger partial charge in [0.15, 0.2) is 9.84 Å². The standard InChI is InChI=1S/C20H22ClF3N2O2S/c21-18-6-3-15-7-10-25-11-8-17(15)19(18)26-13-14-1-4-16(5-2-14)29(27,28)12-9-20(22,23)24/h1-6,25-26H,7-13H2. The largest absolute Gasteiger partial charge is 0.390 e. The van der Waals surface area contributed by atoms with E-state index in [4.69, 9.17) is 11.6 Å². The van der Waals surface area contributed by atoms with Crippen LogP contribution < -0.4 is 10.6 Å². The Kier molecular flexibility index (Phi) is 6.76. The maximum absolute atomic E-state index is 12.3. The number of rotatable bonds is 6. The van der Waals surface area contributed by atoms with Crippen LogP contribution in [0.3, 0.4) is 0 Å². The fraction of sp³-hybridized carbons (Fsp3) is 0.400. The maximum atomic E-state index is 12.3. The number of hydrogen-bond acceptors (Lipinski definition) is 4. The Labute approximate surface area is 173 Å². The summed E-state index contributed by atoms with van der Waals surface area (Å²) in [5.74, 6) is -0.951. The van der Waals surface area contributed by atoms with Crippen molar-refractivity contribution in [1.29, 1.82) is 0 Å². The number of alkyl halides is 3. The predicted octanol–water partition coefficient (Wildman–Crippen LogP) is 4.37. The first-order chi connectivity index (χ1) is 13.7. The highest BCUT2D eigenvalue weighted by atomic mass is 35.5. The average Bonchev–Trinajstić information content (AvgIpc) is 2.91. The van der Waals surface area contributed by atoms with Gasteiger partial charge in [0.05, 0.1) is 27.8 Å². The molecule has 1 aliphatic heterocycles. The highest BCUT2D eigenvalue weighted by Gasteiger charge is 2.30. The minimum absolute atomic E-state index is 0.108. The summed E-state index contributed by atoms with van der Waals surface area (Å²) in [6.45, 7) is 2.21. The SMILES string of the molecule is O=S(=O)(CCC(F)(F)F)c1ccc(CNc2c(Cl)ccc3c2CCNCC3)cc1. The minimum atomic E-state index is -4.50. The Morgan fingerprint density at radius 2 is 1.72 bits per heavy atom. The number of hydrogen-bond donors (Lipinski definition) is 2. The molecule has 0 saturated carbocycles. The predicted molar refractivity (Wildman–Crippen MR) is 108 cm³/mol. The second-order valence-corrected chi connectivity index (χ2v) is 9.51. The van der Waals surface area contributed by atoms with Gasteiger partial charge in [-0.1, -0.05) is 29.8 Å². The van der Waals surface area contributed by atoms with Crippen LogP contribution >= 0.6 is 11.6 Å². The van der Waals surface area contributed by atoms with Gasteiger partial charge in [-0.3, -0.25) is 0 Å². The average molecular weight is 447 g/mol. The summed E-state index contributed by atoms with van der Waals surface area (Å²) in [5, 5.41) is 7.31. The zero-order chi connectivity index (χ0) is 21.1. The summed E-state index contributed by atoms with van der Waals surface area (Å²) in [6, 6.07) is 9.80. The van der Waals surface area contributed by atoms with E-state index in [0.717, 1.165) is 37.2 Å². The number of sulfone groups is 1. The number of halogens is 4. The van der Waals surface area contributed by atoms with Crippen molar-refractivity contribution in [3.63, 3.8) is 0 Å². The maximum Gasteiger partial charge on any atom is 0.390 e.